The average molecular weight is 740 g/mol. The van der Waals surface area contributed by atoms with Crippen molar-refractivity contribution in [3.8, 4) is 33.4 Å². The lowest BCUT2D eigenvalue weighted by atomic mass is 9.84. The van der Waals surface area contributed by atoms with Crippen LogP contribution in [0.15, 0.2) is 212 Å². The van der Waals surface area contributed by atoms with E-state index in [2.05, 4.69) is 218 Å². The lowest BCUT2D eigenvalue weighted by Gasteiger charge is -2.30. The van der Waals surface area contributed by atoms with Crippen molar-refractivity contribution in [3.63, 3.8) is 0 Å². The van der Waals surface area contributed by atoms with E-state index in [-0.39, 0.29) is 0 Å². The van der Waals surface area contributed by atoms with Crippen molar-refractivity contribution in [3.05, 3.63) is 223 Å². The summed E-state index contributed by atoms with van der Waals surface area (Å²) in [4.78, 5) is 2.47. The number of benzene rings is 10. The summed E-state index contributed by atoms with van der Waals surface area (Å²) in [7, 11) is 0. The van der Waals surface area contributed by atoms with E-state index >= 15 is 0 Å². The quantitative estimate of drug-likeness (QED) is 0.159. The number of hydrogen-bond acceptors (Lipinski definition) is 1. The lowest BCUT2D eigenvalue weighted by Crippen LogP contribution is -2.16. The number of hydrogen-bond donors (Lipinski definition) is 0. The van der Waals surface area contributed by atoms with Crippen molar-refractivity contribution in [2.45, 2.75) is 19.8 Å². The smallest absolute Gasteiger partial charge is 0.0523 e. The van der Waals surface area contributed by atoms with E-state index in [1.807, 2.05) is 0 Å². The average Bonchev–Trinajstić information content (AvgIpc) is 3.44. The van der Waals surface area contributed by atoms with Crippen molar-refractivity contribution in [1.29, 1.82) is 0 Å². The summed E-state index contributed by atoms with van der Waals surface area (Å²) in [5.74, 6) is 0. The summed E-state index contributed by atoms with van der Waals surface area (Å²) >= 11 is 0. The number of allylic oxidation sites excluding steroid dienone is 1. The summed E-state index contributed by atoms with van der Waals surface area (Å²) in [5.41, 5.74) is 15.1. The van der Waals surface area contributed by atoms with E-state index in [1.165, 1.54) is 110 Å². The molecule has 0 saturated carbocycles. The number of rotatable bonds is 5. The fourth-order valence-corrected chi connectivity index (χ4v) is 9.40. The Kier molecular flexibility index (Phi) is 8.26. The van der Waals surface area contributed by atoms with Gasteiger partial charge < -0.3 is 4.90 Å². The fourth-order valence-electron chi connectivity index (χ4n) is 9.40. The van der Waals surface area contributed by atoms with Crippen LogP contribution < -0.4 is 4.90 Å². The zero-order valence-electron chi connectivity index (χ0n) is 32.5. The molecule has 0 saturated heterocycles. The SMILES string of the molecule is CC1=C(c2ccc(-c3ccc4c(-c5ccc6ccccc6c5)c5ccccc5c(-c5ccc6ccccc6c5)c4c3)cc2)N(c2ccccc2)c2ccccc2CC1. The number of anilines is 2. The normalized spacial score (nSPS) is 13.0. The molecule has 58 heavy (non-hydrogen) atoms. The fraction of sp³-hybridized carbons (Fsp3) is 0.0526. The molecule has 0 aromatic heterocycles. The van der Waals surface area contributed by atoms with Gasteiger partial charge in [0.15, 0.2) is 0 Å². The molecule has 1 heterocycles. The molecule has 11 rings (SSSR count). The summed E-state index contributed by atoms with van der Waals surface area (Å²) in [5, 5.41) is 10.0. The first-order valence-electron chi connectivity index (χ1n) is 20.4. The predicted octanol–water partition coefficient (Wildman–Crippen LogP) is 15.8. The first kappa shape index (κ1) is 34.1. The topological polar surface area (TPSA) is 3.24 Å². The molecule has 10 aromatic carbocycles. The van der Waals surface area contributed by atoms with Crippen LogP contribution >= 0.6 is 0 Å². The molecule has 274 valence electrons. The molecule has 0 radical (unpaired) electrons. The van der Waals surface area contributed by atoms with Crippen LogP contribution in [-0.2, 0) is 6.42 Å². The van der Waals surface area contributed by atoms with Gasteiger partial charge in [-0.2, -0.15) is 0 Å². The predicted molar refractivity (Wildman–Crippen MR) is 249 cm³/mol. The molecule has 0 N–H and O–H groups in total. The highest BCUT2D eigenvalue weighted by molar-refractivity contribution is 6.22. The van der Waals surface area contributed by atoms with Crippen LogP contribution in [0.1, 0.15) is 24.5 Å². The van der Waals surface area contributed by atoms with Crippen LogP contribution in [0.3, 0.4) is 0 Å². The summed E-state index contributed by atoms with van der Waals surface area (Å²) in [6, 6.07) is 76.3. The van der Waals surface area contributed by atoms with Gasteiger partial charge >= 0.3 is 0 Å². The van der Waals surface area contributed by atoms with Crippen LogP contribution in [0.4, 0.5) is 11.4 Å². The van der Waals surface area contributed by atoms with Crippen molar-refractivity contribution >= 4 is 60.2 Å². The Labute approximate surface area is 339 Å². The van der Waals surface area contributed by atoms with E-state index < -0.39 is 0 Å². The third-order valence-corrected chi connectivity index (χ3v) is 12.2. The van der Waals surface area contributed by atoms with Gasteiger partial charge in [-0.05, 0) is 149 Å². The Morgan fingerprint density at radius 2 is 0.845 bits per heavy atom. The van der Waals surface area contributed by atoms with Gasteiger partial charge in [0.25, 0.3) is 0 Å². The molecule has 1 heteroatoms. The monoisotopic (exact) mass is 739 g/mol. The second-order valence-electron chi connectivity index (χ2n) is 15.7. The highest BCUT2D eigenvalue weighted by Gasteiger charge is 2.24. The first-order chi connectivity index (χ1) is 28.7. The lowest BCUT2D eigenvalue weighted by molar-refractivity contribution is 0.956. The molecule has 0 amide bonds. The zero-order chi connectivity index (χ0) is 38.6. The van der Waals surface area contributed by atoms with Gasteiger partial charge in [0.05, 0.1) is 5.70 Å². The molecule has 0 fully saturated rings. The van der Waals surface area contributed by atoms with Crippen LogP contribution in [0.5, 0.6) is 0 Å². The maximum absolute atomic E-state index is 2.47. The van der Waals surface area contributed by atoms with Gasteiger partial charge in [-0.15, -0.1) is 0 Å². The molecule has 1 nitrogen and oxygen atoms in total. The van der Waals surface area contributed by atoms with Crippen molar-refractivity contribution in [2.75, 3.05) is 4.90 Å². The second kappa shape index (κ2) is 14.1. The van der Waals surface area contributed by atoms with Gasteiger partial charge in [-0.25, -0.2) is 0 Å². The van der Waals surface area contributed by atoms with Crippen molar-refractivity contribution < 1.29 is 0 Å². The highest BCUT2D eigenvalue weighted by atomic mass is 15.2. The maximum atomic E-state index is 2.47. The van der Waals surface area contributed by atoms with E-state index in [4.69, 9.17) is 0 Å². The van der Waals surface area contributed by atoms with Crippen LogP contribution in [0.2, 0.25) is 0 Å². The molecule has 0 spiro atoms. The number of para-hydroxylation sites is 2. The zero-order valence-corrected chi connectivity index (χ0v) is 32.5. The largest absolute Gasteiger partial charge is 0.310 e. The molecule has 0 atom stereocenters. The Hall–Kier alpha value is -7.22. The van der Waals surface area contributed by atoms with Crippen molar-refractivity contribution in [1.82, 2.24) is 0 Å². The summed E-state index contributed by atoms with van der Waals surface area (Å²) in [6.45, 7) is 2.31. The van der Waals surface area contributed by atoms with Gasteiger partial charge in [0.2, 0.25) is 0 Å². The molecule has 1 aliphatic heterocycles. The Bertz CT molecular complexity index is 3220. The summed E-state index contributed by atoms with van der Waals surface area (Å²) in [6.07, 6.45) is 2.05. The second-order valence-corrected chi connectivity index (χ2v) is 15.7. The van der Waals surface area contributed by atoms with E-state index in [9.17, 15) is 0 Å². The summed E-state index contributed by atoms with van der Waals surface area (Å²) < 4.78 is 0. The van der Waals surface area contributed by atoms with Crippen LogP contribution in [-0.4, -0.2) is 0 Å². The Balaban J connectivity index is 1.10. The Morgan fingerprint density at radius 3 is 1.52 bits per heavy atom. The first-order valence-corrected chi connectivity index (χ1v) is 20.4. The van der Waals surface area contributed by atoms with Gasteiger partial charge in [-0.1, -0.05) is 170 Å². The molecule has 0 unspecified atom stereocenters. The third-order valence-electron chi connectivity index (χ3n) is 12.2. The van der Waals surface area contributed by atoms with E-state index in [0.29, 0.717) is 0 Å². The molecule has 1 aliphatic rings. The standard InChI is InChI=1S/C57H41N/c1-38-23-24-42-15-9-12-22-54(42)58(49-18-3-2-4-19-49)57(38)43-29-25-41(26-30-43)46-33-34-52-53(37-46)56(48-32-28-40-14-6-8-17-45(40)36-48)51-21-11-10-20-50(51)55(52)47-31-27-39-13-5-7-16-44(39)35-47/h2-22,25-37H,23-24H2,1H3. The molecular formula is C57H41N. The minimum atomic E-state index is 1.02. The minimum absolute atomic E-state index is 1.02. The van der Waals surface area contributed by atoms with Gasteiger partial charge in [-0.3, -0.25) is 0 Å². The highest BCUT2D eigenvalue weighted by Crippen LogP contribution is 2.47. The molecule has 0 bridgehead atoms. The van der Waals surface area contributed by atoms with Crippen molar-refractivity contribution in [2.24, 2.45) is 0 Å². The van der Waals surface area contributed by atoms with E-state index in [1.54, 1.807) is 0 Å². The number of fused-ring (bicyclic) bond motifs is 5. The number of nitrogens with zero attached hydrogens (tertiary/aromatic N) is 1. The maximum Gasteiger partial charge on any atom is 0.0523 e. The van der Waals surface area contributed by atoms with Crippen LogP contribution in [0.25, 0.3) is 82.2 Å². The number of aryl methyl sites for hydroxylation is 1. The van der Waals surface area contributed by atoms with Gasteiger partial charge in [0, 0.05) is 11.4 Å². The molecule has 10 aromatic rings. The molecular weight excluding hydrogens is 699 g/mol. The van der Waals surface area contributed by atoms with E-state index in [0.717, 1.165) is 12.8 Å². The minimum Gasteiger partial charge on any atom is -0.310 e. The van der Waals surface area contributed by atoms with Gasteiger partial charge in [0.1, 0.15) is 0 Å². The Morgan fingerprint density at radius 1 is 0.345 bits per heavy atom. The van der Waals surface area contributed by atoms with Crippen LogP contribution in [0, 0.1) is 0 Å². The molecule has 0 aliphatic carbocycles. The third kappa shape index (κ3) is 5.78.